The smallest absolute Gasteiger partial charge is 0.274 e. The van der Waals surface area contributed by atoms with Gasteiger partial charge >= 0.3 is 0 Å². The van der Waals surface area contributed by atoms with Crippen molar-refractivity contribution < 1.29 is 4.79 Å². The van der Waals surface area contributed by atoms with E-state index in [9.17, 15) is 4.79 Å². The molecule has 0 radical (unpaired) electrons. The van der Waals surface area contributed by atoms with Crippen LogP contribution < -0.4 is 11.1 Å². The lowest BCUT2D eigenvalue weighted by atomic mass is 10.1. The molecule has 0 spiro atoms. The second-order valence-corrected chi connectivity index (χ2v) is 4.54. The Kier molecular flexibility index (Phi) is 4.54. The topological polar surface area (TPSA) is 83.8 Å². The van der Waals surface area contributed by atoms with Gasteiger partial charge in [0.1, 0.15) is 0 Å². The number of aromatic amines is 1. The van der Waals surface area contributed by atoms with E-state index in [-0.39, 0.29) is 17.9 Å². The lowest BCUT2D eigenvalue weighted by molar-refractivity contribution is 0.0930. The summed E-state index contributed by atoms with van der Waals surface area (Å²) in [6.07, 6.45) is 1.81. The zero-order valence-corrected chi connectivity index (χ0v) is 11.0. The first-order valence-corrected chi connectivity index (χ1v) is 6.15. The second kappa shape index (κ2) is 5.70. The number of rotatable bonds is 5. The van der Waals surface area contributed by atoms with Crippen LogP contribution in [-0.4, -0.2) is 22.1 Å². The Bertz CT molecular complexity index is 380. The monoisotopic (exact) mass is 238 g/mol. The largest absolute Gasteiger partial charge is 0.395 e. The van der Waals surface area contributed by atoms with Crippen molar-refractivity contribution >= 4 is 11.6 Å². The van der Waals surface area contributed by atoms with Crippen LogP contribution in [0.25, 0.3) is 0 Å². The van der Waals surface area contributed by atoms with Crippen LogP contribution in [0.5, 0.6) is 0 Å². The summed E-state index contributed by atoms with van der Waals surface area (Å²) in [5.41, 5.74) is 7.50. The molecule has 1 aromatic rings. The summed E-state index contributed by atoms with van der Waals surface area (Å²) in [5.74, 6) is 0.0385. The zero-order valence-electron chi connectivity index (χ0n) is 11.0. The van der Waals surface area contributed by atoms with E-state index in [2.05, 4.69) is 15.5 Å². The number of carbonyl (C=O) groups is 1. The summed E-state index contributed by atoms with van der Waals surface area (Å²) in [7, 11) is 0. The molecule has 5 nitrogen and oxygen atoms in total. The SMILES string of the molecule is CCC(CC)NC(=O)c1n[nH]c(C(C)C)c1N. The molecule has 0 saturated carbocycles. The highest BCUT2D eigenvalue weighted by Gasteiger charge is 2.20. The van der Waals surface area contributed by atoms with E-state index in [4.69, 9.17) is 5.73 Å². The van der Waals surface area contributed by atoms with Gasteiger partial charge in [-0.3, -0.25) is 9.89 Å². The number of hydrogen-bond donors (Lipinski definition) is 3. The predicted octanol–water partition coefficient (Wildman–Crippen LogP) is 2.03. The van der Waals surface area contributed by atoms with Gasteiger partial charge in [-0.25, -0.2) is 0 Å². The Hall–Kier alpha value is -1.52. The first-order chi connectivity index (χ1) is 8.01. The number of nitrogens with zero attached hydrogens (tertiary/aromatic N) is 1. The third kappa shape index (κ3) is 2.99. The van der Waals surface area contributed by atoms with Crippen LogP contribution in [0.4, 0.5) is 5.69 Å². The van der Waals surface area contributed by atoms with Crippen molar-refractivity contribution in [3.8, 4) is 0 Å². The number of aromatic nitrogens is 2. The lowest BCUT2D eigenvalue weighted by Crippen LogP contribution is -2.34. The molecule has 1 aromatic heterocycles. The van der Waals surface area contributed by atoms with Gasteiger partial charge in [0.2, 0.25) is 0 Å². The molecule has 1 heterocycles. The van der Waals surface area contributed by atoms with Gasteiger partial charge in [-0.15, -0.1) is 0 Å². The van der Waals surface area contributed by atoms with Gasteiger partial charge in [0.05, 0.1) is 11.4 Å². The van der Waals surface area contributed by atoms with Crippen molar-refractivity contribution in [2.24, 2.45) is 0 Å². The van der Waals surface area contributed by atoms with Gasteiger partial charge in [-0.1, -0.05) is 27.7 Å². The molecule has 0 saturated heterocycles. The summed E-state index contributed by atoms with van der Waals surface area (Å²) in [6, 6.07) is 0.182. The molecule has 5 heteroatoms. The average Bonchev–Trinajstić information content (AvgIpc) is 2.67. The van der Waals surface area contributed by atoms with E-state index in [1.165, 1.54) is 0 Å². The van der Waals surface area contributed by atoms with Gasteiger partial charge in [0, 0.05) is 6.04 Å². The molecule has 4 N–H and O–H groups in total. The zero-order chi connectivity index (χ0) is 13.0. The van der Waals surface area contributed by atoms with E-state index in [0.717, 1.165) is 18.5 Å². The number of nitrogens with two attached hydrogens (primary N) is 1. The fourth-order valence-electron chi connectivity index (χ4n) is 1.72. The maximum absolute atomic E-state index is 12.0. The molecule has 17 heavy (non-hydrogen) atoms. The van der Waals surface area contributed by atoms with Crippen molar-refractivity contribution in [1.82, 2.24) is 15.5 Å². The van der Waals surface area contributed by atoms with E-state index in [0.29, 0.717) is 11.4 Å². The molecule has 1 rings (SSSR count). The minimum Gasteiger partial charge on any atom is -0.395 e. The molecule has 0 unspecified atom stereocenters. The molecule has 0 bridgehead atoms. The molecular formula is C12H22N4O. The molecule has 0 aliphatic rings. The van der Waals surface area contributed by atoms with E-state index in [1.54, 1.807) is 0 Å². The standard InChI is InChI=1S/C12H22N4O/c1-5-8(6-2)14-12(17)11-9(13)10(7(3)4)15-16-11/h7-8H,5-6,13H2,1-4H3,(H,14,17)(H,15,16). The van der Waals surface area contributed by atoms with Crippen molar-refractivity contribution in [3.05, 3.63) is 11.4 Å². The summed E-state index contributed by atoms with van der Waals surface area (Å²) in [6.45, 7) is 8.10. The maximum Gasteiger partial charge on any atom is 0.274 e. The fourth-order valence-corrected chi connectivity index (χ4v) is 1.72. The van der Waals surface area contributed by atoms with Crippen LogP contribution in [0.3, 0.4) is 0 Å². The minimum atomic E-state index is -0.195. The maximum atomic E-state index is 12.0. The Morgan fingerprint density at radius 1 is 1.41 bits per heavy atom. The highest BCUT2D eigenvalue weighted by Crippen LogP contribution is 2.22. The predicted molar refractivity (Wildman–Crippen MR) is 68.9 cm³/mol. The third-order valence-electron chi connectivity index (χ3n) is 2.95. The van der Waals surface area contributed by atoms with Crippen molar-refractivity contribution in [1.29, 1.82) is 0 Å². The number of nitrogen functional groups attached to an aromatic ring is 1. The number of H-pyrrole nitrogens is 1. The van der Waals surface area contributed by atoms with E-state index >= 15 is 0 Å². The first kappa shape index (κ1) is 13.5. The third-order valence-corrected chi connectivity index (χ3v) is 2.95. The van der Waals surface area contributed by atoms with E-state index in [1.807, 2.05) is 27.7 Å². The Balaban J connectivity index is 2.83. The van der Waals surface area contributed by atoms with Gasteiger partial charge in [-0.2, -0.15) is 5.10 Å². The number of anilines is 1. The van der Waals surface area contributed by atoms with Gasteiger partial charge in [-0.05, 0) is 18.8 Å². The van der Waals surface area contributed by atoms with Gasteiger partial charge in [0.25, 0.3) is 5.91 Å². The van der Waals surface area contributed by atoms with Crippen LogP contribution in [0.2, 0.25) is 0 Å². The summed E-state index contributed by atoms with van der Waals surface area (Å²) in [4.78, 5) is 12.0. The van der Waals surface area contributed by atoms with Crippen molar-refractivity contribution in [2.45, 2.75) is 52.5 Å². The van der Waals surface area contributed by atoms with Crippen molar-refractivity contribution in [3.63, 3.8) is 0 Å². The molecule has 0 atom stereocenters. The molecule has 0 aliphatic heterocycles. The quantitative estimate of drug-likeness (QED) is 0.734. The summed E-state index contributed by atoms with van der Waals surface area (Å²) in [5, 5.41) is 9.75. The molecule has 0 fully saturated rings. The van der Waals surface area contributed by atoms with Gasteiger partial charge in [0.15, 0.2) is 5.69 Å². The van der Waals surface area contributed by atoms with Crippen LogP contribution >= 0.6 is 0 Å². The number of carbonyl (C=O) groups excluding carboxylic acids is 1. The molecular weight excluding hydrogens is 216 g/mol. The minimum absolute atomic E-state index is 0.182. The van der Waals surface area contributed by atoms with Crippen LogP contribution in [0.1, 0.15) is 62.6 Å². The van der Waals surface area contributed by atoms with Crippen LogP contribution in [0.15, 0.2) is 0 Å². The highest BCUT2D eigenvalue weighted by atomic mass is 16.2. The van der Waals surface area contributed by atoms with Crippen LogP contribution in [-0.2, 0) is 0 Å². The second-order valence-electron chi connectivity index (χ2n) is 4.54. The van der Waals surface area contributed by atoms with Crippen molar-refractivity contribution in [2.75, 3.05) is 5.73 Å². The molecule has 1 amide bonds. The molecule has 0 aromatic carbocycles. The normalized spacial score (nSPS) is 11.2. The van der Waals surface area contributed by atoms with Crippen LogP contribution in [0, 0.1) is 0 Å². The summed E-state index contributed by atoms with van der Waals surface area (Å²) < 4.78 is 0. The average molecular weight is 238 g/mol. The fraction of sp³-hybridized carbons (Fsp3) is 0.667. The molecule has 96 valence electrons. The number of amides is 1. The Morgan fingerprint density at radius 2 is 2.00 bits per heavy atom. The first-order valence-electron chi connectivity index (χ1n) is 6.15. The van der Waals surface area contributed by atoms with E-state index < -0.39 is 0 Å². The summed E-state index contributed by atoms with van der Waals surface area (Å²) >= 11 is 0. The highest BCUT2D eigenvalue weighted by molar-refractivity contribution is 5.97. The van der Waals surface area contributed by atoms with Gasteiger partial charge < -0.3 is 11.1 Å². The number of hydrogen-bond acceptors (Lipinski definition) is 3. The Morgan fingerprint density at radius 3 is 2.41 bits per heavy atom. The number of nitrogens with one attached hydrogen (secondary N) is 2. The molecule has 0 aliphatic carbocycles. The lowest BCUT2D eigenvalue weighted by Gasteiger charge is -2.13. The Labute approximate surface area is 102 Å².